The summed E-state index contributed by atoms with van der Waals surface area (Å²) in [6, 6.07) is 5.41. The molecule has 0 radical (unpaired) electrons. The Morgan fingerprint density at radius 2 is 1.58 bits per heavy atom. The molecule has 0 saturated carbocycles. The Hall–Kier alpha value is -2.10. The van der Waals surface area contributed by atoms with E-state index in [0.29, 0.717) is 24.0 Å². The van der Waals surface area contributed by atoms with Crippen molar-refractivity contribution < 1.29 is 19.2 Å². The van der Waals surface area contributed by atoms with Crippen LogP contribution < -0.4 is 0 Å². The minimum absolute atomic E-state index is 0.0169. The maximum absolute atomic E-state index is 13.0. The molecule has 3 unspecified atom stereocenters. The van der Waals surface area contributed by atoms with Crippen molar-refractivity contribution in [3.05, 3.63) is 34.9 Å². The van der Waals surface area contributed by atoms with E-state index < -0.39 is 0 Å². The van der Waals surface area contributed by atoms with Gasteiger partial charge in [-0.3, -0.25) is 19.2 Å². The molecule has 0 aliphatic heterocycles. The molecule has 0 N–H and O–H groups in total. The summed E-state index contributed by atoms with van der Waals surface area (Å²) < 4.78 is 0. The van der Waals surface area contributed by atoms with Crippen LogP contribution in [0.1, 0.15) is 126 Å². The molecule has 0 saturated heterocycles. The van der Waals surface area contributed by atoms with Crippen LogP contribution in [0.3, 0.4) is 0 Å². The molecule has 4 heteroatoms. The van der Waals surface area contributed by atoms with Crippen LogP contribution in [-0.4, -0.2) is 23.1 Å². The van der Waals surface area contributed by atoms with E-state index in [-0.39, 0.29) is 53.7 Å². The second-order valence-electron chi connectivity index (χ2n) is 9.24. The van der Waals surface area contributed by atoms with E-state index in [1.165, 1.54) is 19.8 Å². The lowest BCUT2D eigenvalue weighted by Gasteiger charge is -2.30. The molecule has 1 aromatic rings. The maximum Gasteiger partial charge on any atom is 0.167 e. The second-order valence-corrected chi connectivity index (χ2v) is 9.24. The molecule has 1 aliphatic carbocycles. The van der Waals surface area contributed by atoms with Crippen molar-refractivity contribution in [1.82, 2.24) is 0 Å². The fourth-order valence-corrected chi connectivity index (χ4v) is 4.49. The molecule has 0 fully saturated rings. The fraction of sp³-hybridized carbons (Fsp3) is 0.655. The highest BCUT2D eigenvalue weighted by molar-refractivity contribution is 6.15. The van der Waals surface area contributed by atoms with Crippen molar-refractivity contribution in [3.8, 4) is 0 Å². The number of ketones is 4. The molecule has 4 nitrogen and oxygen atoms in total. The largest absolute Gasteiger partial charge is 0.300 e. The summed E-state index contributed by atoms with van der Waals surface area (Å²) in [6.07, 6.45) is 5.58. The van der Waals surface area contributed by atoms with Crippen LogP contribution in [0.25, 0.3) is 0 Å². The quantitative estimate of drug-likeness (QED) is 0.357. The predicted molar refractivity (Wildman–Crippen MR) is 137 cm³/mol. The van der Waals surface area contributed by atoms with Crippen LogP contribution in [0, 0.1) is 24.7 Å². The molecular weight excluding hydrogens is 412 g/mol. The average Bonchev–Trinajstić information content (AvgIpc) is 2.73. The third-order valence-electron chi connectivity index (χ3n) is 5.71. The number of hydrogen-bond acceptors (Lipinski definition) is 4. The Kier molecular flexibility index (Phi) is 15.5. The van der Waals surface area contributed by atoms with Gasteiger partial charge in [0.15, 0.2) is 11.6 Å². The van der Waals surface area contributed by atoms with Gasteiger partial charge in [-0.15, -0.1) is 0 Å². The Morgan fingerprint density at radius 3 is 2.06 bits per heavy atom. The van der Waals surface area contributed by atoms with Gasteiger partial charge in [-0.05, 0) is 44.6 Å². The average molecular weight is 459 g/mol. The third-order valence-corrected chi connectivity index (χ3v) is 5.71. The number of rotatable bonds is 9. The van der Waals surface area contributed by atoms with Crippen molar-refractivity contribution >= 4 is 23.1 Å². The molecule has 0 aromatic heterocycles. The second kappa shape index (κ2) is 16.5. The van der Waals surface area contributed by atoms with E-state index in [2.05, 4.69) is 34.6 Å². The first-order valence-electron chi connectivity index (χ1n) is 12.8. The zero-order chi connectivity index (χ0) is 25.6. The lowest BCUT2D eigenvalue weighted by atomic mass is 9.71. The first kappa shape index (κ1) is 30.9. The number of carbonyl (C=O) groups is 4. The Balaban J connectivity index is 0.00000154. The molecule has 0 amide bonds. The summed E-state index contributed by atoms with van der Waals surface area (Å²) in [5.74, 6) is -0.691. The van der Waals surface area contributed by atoms with Crippen LogP contribution in [0.4, 0.5) is 0 Å². The minimum Gasteiger partial charge on any atom is -0.300 e. The van der Waals surface area contributed by atoms with E-state index in [1.807, 2.05) is 26.0 Å². The molecule has 3 atom stereocenters. The van der Waals surface area contributed by atoms with Gasteiger partial charge in [0.1, 0.15) is 11.6 Å². The number of aryl methyl sites for hydroxylation is 1. The Bertz CT molecular complexity index is 776. The van der Waals surface area contributed by atoms with E-state index in [1.54, 1.807) is 6.07 Å². The van der Waals surface area contributed by atoms with E-state index in [9.17, 15) is 19.2 Å². The molecule has 186 valence electrons. The number of fused-ring (bicyclic) bond motifs is 1. The Labute approximate surface area is 201 Å². The summed E-state index contributed by atoms with van der Waals surface area (Å²) in [5.41, 5.74) is 1.93. The predicted octanol–water partition coefficient (Wildman–Crippen LogP) is 7.59. The first-order valence-corrected chi connectivity index (χ1v) is 12.8. The van der Waals surface area contributed by atoms with Crippen LogP contribution in [0.5, 0.6) is 0 Å². The van der Waals surface area contributed by atoms with Crippen LogP contribution >= 0.6 is 0 Å². The van der Waals surface area contributed by atoms with Crippen molar-refractivity contribution in [2.45, 2.75) is 107 Å². The molecular formula is C29H46O4. The molecule has 2 rings (SSSR count). The normalized spacial score (nSPS) is 16.4. The van der Waals surface area contributed by atoms with Crippen molar-refractivity contribution in [2.24, 2.45) is 17.8 Å². The van der Waals surface area contributed by atoms with Gasteiger partial charge in [-0.25, -0.2) is 0 Å². The highest BCUT2D eigenvalue weighted by Crippen LogP contribution is 2.36. The lowest BCUT2D eigenvalue weighted by Crippen LogP contribution is -2.33. The summed E-state index contributed by atoms with van der Waals surface area (Å²) in [7, 11) is 0. The zero-order valence-corrected chi connectivity index (χ0v) is 22.3. The number of carbonyl (C=O) groups excluding carboxylic acids is 4. The van der Waals surface area contributed by atoms with E-state index in [0.717, 1.165) is 18.4 Å². The lowest BCUT2D eigenvalue weighted by molar-refractivity contribution is -0.129. The van der Waals surface area contributed by atoms with Crippen LogP contribution in [0.2, 0.25) is 0 Å². The third kappa shape index (κ3) is 9.73. The van der Waals surface area contributed by atoms with Gasteiger partial charge in [0.05, 0.1) is 6.42 Å². The Morgan fingerprint density at radius 1 is 1.00 bits per heavy atom. The SMILES string of the molecule is CCC.CCC.CCCC(CC1CC(=O)c2c(C)cccc2C1=O)C(CC)C(=O)CC(C)=O. The van der Waals surface area contributed by atoms with Crippen molar-refractivity contribution in [2.75, 3.05) is 0 Å². The van der Waals surface area contributed by atoms with E-state index >= 15 is 0 Å². The molecule has 1 aliphatic rings. The standard InChI is InChI=1S/C23H30O4.2C3H8/c1-5-8-16(18(6-2)20(25)11-15(4)24)12-17-13-21(26)22-14(3)9-7-10-19(22)23(17)27;2*1-3-2/h7,9-10,16-18H,5-6,8,11-13H2,1-4H3;2*3H2,1-2H3. The first-order chi connectivity index (χ1) is 15.6. The molecule has 0 heterocycles. The summed E-state index contributed by atoms with van der Waals surface area (Å²) in [4.78, 5) is 49.6. The summed E-state index contributed by atoms with van der Waals surface area (Å²) >= 11 is 0. The summed E-state index contributed by atoms with van der Waals surface area (Å²) in [5, 5.41) is 0. The smallest absolute Gasteiger partial charge is 0.167 e. The van der Waals surface area contributed by atoms with Crippen molar-refractivity contribution in [3.63, 3.8) is 0 Å². The maximum atomic E-state index is 13.0. The van der Waals surface area contributed by atoms with Gasteiger partial charge in [0.2, 0.25) is 0 Å². The van der Waals surface area contributed by atoms with Crippen LogP contribution in [0.15, 0.2) is 18.2 Å². The molecule has 1 aromatic carbocycles. The van der Waals surface area contributed by atoms with Gasteiger partial charge in [-0.2, -0.15) is 0 Å². The monoisotopic (exact) mass is 458 g/mol. The van der Waals surface area contributed by atoms with Gasteiger partial charge in [-0.1, -0.05) is 79.0 Å². The topological polar surface area (TPSA) is 68.3 Å². The van der Waals surface area contributed by atoms with Gasteiger partial charge < -0.3 is 0 Å². The van der Waals surface area contributed by atoms with Gasteiger partial charge in [0.25, 0.3) is 0 Å². The highest BCUT2D eigenvalue weighted by Gasteiger charge is 2.37. The molecule has 33 heavy (non-hydrogen) atoms. The zero-order valence-electron chi connectivity index (χ0n) is 22.3. The molecule has 0 spiro atoms. The summed E-state index contributed by atoms with van der Waals surface area (Å²) in [6.45, 7) is 15.8. The fourth-order valence-electron chi connectivity index (χ4n) is 4.49. The van der Waals surface area contributed by atoms with Crippen molar-refractivity contribution in [1.29, 1.82) is 0 Å². The molecule has 0 bridgehead atoms. The van der Waals surface area contributed by atoms with Crippen LogP contribution in [-0.2, 0) is 9.59 Å². The highest BCUT2D eigenvalue weighted by atomic mass is 16.2. The van der Waals surface area contributed by atoms with Gasteiger partial charge >= 0.3 is 0 Å². The number of hydrogen-bond donors (Lipinski definition) is 0. The minimum atomic E-state index is -0.373. The van der Waals surface area contributed by atoms with Gasteiger partial charge in [0, 0.05) is 29.4 Å². The van der Waals surface area contributed by atoms with E-state index in [4.69, 9.17) is 0 Å². The number of benzene rings is 1. The number of Topliss-reactive ketones (excluding diaryl/α,β-unsaturated/α-hetero) is 4.